The van der Waals surface area contributed by atoms with Crippen molar-refractivity contribution < 1.29 is 9.53 Å². The van der Waals surface area contributed by atoms with E-state index in [0.29, 0.717) is 19.1 Å². The van der Waals surface area contributed by atoms with Crippen molar-refractivity contribution in [3.05, 3.63) is 0 Å². The van der Waals surface area contributed by atoms with Crippen LogP contribution in [0, 0.1) is 0 Å². The van der Waals surface area contributed by atoms with Gasteiger partial charge in [0.05, 0.1) is 6.61 Å². The van der Waals surface area contributed by atoms with Gasteiger partial charge in [-0.2, -0.15) is 0 Å². The molecule has 1 fully saturated rings. The Labute approximate surface area is 118 Å². The van der Waals surface area contributed by atoms with Crippen molar-refractivity contribution in [3.8, 4) is 0 Å². The third-order valence-electron chi connectivity index (χ3n) is 3.87. The Morgan fingerprint density at radius 2 is 1.95 bits per heavy atom. The van der Waals surface area contributed by atoms with Crippen LogP contribution in [-0.2, 0) is 9.53 Å². The first kappa shape index (κ1) is 16.5. The molecule has 19 heavy (non-hydrogen) atoms. The molecular weight excluding hydrogens is 238 g/mol. The van der Waals surface area contributed by atoms with Crippen LogP contribution in [0.2, 0.25) is 0 Å². The van der Waals surface area contributed by atoms with Crippen molar-refractivity contribution in [1.82, 2.24) is 5.32 Å². The van der Waals surface area contributed by atoms with E-state index in [9.17, 15) is 4.79 Å². The van der Waals surface area contributed by atoms with Crippen molar-refractivity contribution in [2.75, 3.05) is 13.2 Å². The SMILES string of the molecule is CCCCCCCCOC(=O)CCC1CCCCN1. The predicted octanol–water partition coefficient (Wildman–Crippen LogP) is 3.81. The smallest absolute Gasteiger partial charge is 0.305 e. The third-order valence-corrected chi connectivity index (χ3v) is 3.87. The molecule has 112 valence electrons. The number of hydrogen-bond donors (Lipinski definition) is 1. The Bertz CT molecular complexity index is 225. The second-order valence-electron chi connectivity index (χ2n) is 5.67. The molecule has 1 aliphatic heterocycles. The second-order valence-corrected chi connectivity index (χ2v) is 5.67. The molecule has 1 rings (SSSR count). The molecule has 0 spiro atoms. The van der Waals surface area contributed by atoms with Gasteiger partial charge in [0, 0.05) is 12.5 Å². The summed E-state index contributed by atoms with van der Waals surface area (Å²) in [5, 5.41) is 3.46. The molecule has 0 aromatic carbocycles. The van der Waals surface area contributed by atoms with Crippen molar-refractivity contribution in [2.45, 2.75) is 83.6 Å². The minimum atomic E-state index is -0.0130. The molecule has 0 radical (unpaired) electrons. The van der Waals surface area contributed by atoms with Crippen LogP contribution in [0.4, 0.5) is 0 Å². The Morgan fingerprint density at radius 1 is 1.16 bits per heavy atom. The van der Waals surface area contributed by atoms with Gasteiger partial charge in [0.1, 0.15) is 0 Å². The summed E-state index contributed by atoms with van der Waals surface area (Å²) in [5.74, 6) is -0.0130. The first-order valence-corrected chi connectivity index (χ1v) is 8.22. The molecule has 1 atom stereocenters. The molecule has 0 aromatic heterocycles. The summed E-state index contributed by atoms with van der Waals surface area (Å²) in [7, 11) is 0. The van der Waals surface area contributed by atoms with Crippen LogP contribution < -0.4 is 5.32 Å². The lowest BCUT2D eigenvalue weighted by atomic mass is 10.0. The summed E-state index contributed by atoms with van der Waals surface area (Å²) < 4.78 is 5.27. The monoisotopic (exact) mass is 269 g/mol. The van der Waals surface area contributed by atoms with Crippen molar-refractivity contribution in [3.63, 3.8) is 0 Å². The molecule has 1 N–H and O–H groups in total. The lowest BCUT2D eigenvalue weighted by Gasteiger charge is -2.22. The van der Waals surface area contributed by atoms with Gasteiger partial charge in [-0.15, -0.1) is 0 Å². The summed E-state index contributed by atoms with van der Waals surface area (Å²) in [6.07, 6.45) is 12.7. The summed E-state index contributed by atoms with van der Waals surface area (Å²) in [6.45, 7) is 3.95. The van der Waals surface area contributed by atoms with Gasteiger partial charge in [0.2, 0.25) is 0 Å². The zero-order chi connectivity index (χ0) is 13.8. The van der Waals surface area contributed by atoms with E-state index < -0.39 is 0 Å². The van der Waals surface area contributed by atoms with E-state index in [-0.39, 0.29) is 5.97 Å². The zero-order valence-corrected chi connectivity index (χ0v) is 12.6. The van der Waals surface area contributed by atoms with Crippen LogP contribution in [0.3, 0.4) is 0 Å². The maximum Gasteiger partial charge on any atom is 0.305 e. The highest BCUT2D eigenvalue weighted by molar-refractivity contribution is 5.69. The molecule has 0 aromatic rings. The minimum absolute atomic E-state index is 0.0130. The number of hydrogen-bond acceptors (Lipinski definition) is 3. The third kappa shape index (κ3) is 9.04. The van der Waals surface area contributed by atoms with Gasteiger partial charge in [-0.05, 0) is 32.2 Å². The van der Waals surface area contributed by atoms with E-state index in [0.717, 1.165) is 19.4 Å². The number of esters is 1. The van der Waals surface area contributed by atoms with Crippen molar-refractivity contribution in [1.29, 1.82) is 0 Å². The molecule has 1 heterocycles. The Balaban J connectivity index is 1.87. The van der Waals surface area contributed by atoms with Crippen LogP contribution in [0.25, 0.3) is 0 Å². The van der Waals surface area contributed by atoms with E-state index in [4.69, 9.17) is 4.74 Å². The zero-order valence-electron chi connectivity index (χ0n) is 12.6. The summed E-state index contributed by atoms with van der Waals surface area (Å²) in [5.41, 5.74) is 0. The lowest BCUT2D eigenvalue weighted by Crippen LogP contribution is -2.34. The van der Waals surface area contributed by atoms with Gasteiger partial charge >= 0.3 is 5.97 Å². The molecule has 1 saturated heterocycles. The highest BCUT2D eigenvalue weighted by atomic mass is 16.5. The van der Waals surface area contributed by atoms with Crippen LogP contribution >= 0.6 is 0 Å². The fourth-order valence-corrected chi connectivity index (χ4v) is 2.60. The second kappa shape index (κ2) is 11.3. The van der Waals surface area contributed by atoms with Gasteiger partial charge < -0.3 is 10.1 Å². The molecule has 1 aliphatic rings. The van der Waals surface area contributed by atoms with Crippen molar-refractivity contribution >= 4 is 5.97 Å². The highest BCUT2D eigenvalue weighted by Crippen LogP contribution is 2.12. The quantitative estimate of drug-likeness (QED) is 0.484. The Kier molecular flexibility index (Phi) is 9.78. The van der Waals surface area contributed by atoms with Gasteiger partial charge in [-0.1, -0.05) is 45.4 Å². The van der Waals surface area contributed by atoms with E-state index in [2.05, 4.69) is 12.2 Å². The first-order chi connectivity index (χ1) is 9.33. The first-order valence-electron chi connectivity index (χ1n) is 8.22. The number of carbonyl (C=O) groups is 1. The molecule has 3 heteroatoms. The number of nitrogens with one attached hydrogen (secondary N) is 1. The largest absolute Gasteiger partial charge is 0.466 e. The van der Waals surface area contributed by atoms with Crippen LogP contribution in [0.1, 0.15) is 77.6 Å². The maximum atomic E-state index is 11.6. The fourth-order valence-electron chi connectivity index (χ4n) is 2.60. The Hall–Kier alpha value is -0.570. The summed E-state index contributed by atoms with van der Waals surface area (Å²) in [6, 6.07) is 0.537. The van der Waals surface area contributed by atoms with Crippen molar-refractivity contribution in [2.24, 2.45) is 0 Å². The van der Waals surface area contributed by atoms with E-state index in [1.54, 1.807) is 0 Å². The maximum absolute atomic E-state index is 11.6. The molecule has 1 unspecified atom stereocenters. The molecule has 3 nitrogen and oxygen atoms in total. The van der Waals surface area contributed by atoms with Gasteiger partial charge in [0.25, 0.3) is 0 Å². The summed E-state index contributed by atoms with van der Waals surface area (Å²) in [4.78, 5) is 11.6. The predicted molar refractivity (Wildman–Crippen MR) is 79.2 cm³/mol. The average molecular weight is 269 g/mol. The lowest BCUT2D eigenvalue weighted by molar-refractivity contribution is -0.144. The molecule has 0 bridgehead atoms. The number of piperidine rings is 1. The average Bonchev–Trinajstić information content (AvgIpc) is 2.45. The number of ether oxygens (including phenoxy) is 1. The Morgan fingerprint density at radius 3 is 2.68 bits per heavy atom. The van der Waals surface area contributed by atoms with Gasteiger partial charge in [0.15, 0.2) is 0 Å². The number of rotatable bonds is 10. The number of carbonyl (C=O) groups excluding carboxylic acids is 1. The van der Waals surface area contributed by atoms with Crippen LogP contribution in [0.15, 0.2) is 0 Å². The fraction of sp³-hybridized carbons (Fsp3) is 0.938. The van der Waals surface area contributed by atoms with Gasteiger partial charge in [-0.25, -0.2) is 0 Å². The summed E-state index contributed by atoms with van der Waals surface area (Å²) >= 11 is 0. The molecule has 0 amide bonds. The van der Waals surface area contributed by atoms with E-state index >= 15 is 0 Å². The van der Waals surface area contributed by atoms with E-state index in [1.165, 1.54) is 51.4 Å². The van der Waals surface area contributed by atoms with Crippen LogP contribution in [0.5, 0.6) is 0 Å². The van der Waals surface area contributed by atoms with E-state index in [1.807, 2.05) is 0 Å². The van der Waals surface area contributed by atoms with Gasteiger partial charge in [-0.3, -0.25) is 4.79 Å². The van der Waals surface area contributed by atoms with Crippen LogP contribution in [-0.4, -0.2) is 25.2 Å². The normalized spacial score (nSPS) is 19.3. The standard InChI is InChI=1S/C16H31NO2/c1-2-3-4-5-6-9-14-19-16(18)12-11-15-10-7-8-13-17-15/h15,17H,2-14H2,1H3. The number of unbranched alkanes of at least 4 members (excludes halogenated alkanes) is 5. The topological polar surface area (TPSA) is 38.3 Å². The minimum Gasteiger partial charge on any atom is -0.466 e. The molecule has 0 saturated carbocycles. The molecule has 0 aliphatic carbocycles. The highest BCUT2D eigenvalue weighted by Gasteiger charge is 2.14. The molecular formula is C16H31NO2.